The number of carbonyl (C=O) groups is 2. The highest BCUT2D eigenvalue weighted by Gasteiger charge is 2.25. The van der Waals surface area contributed by atoms with E-state index >= 15 is 0 Å². The lowest BCUT2D eigenvalue weighted by Crippen LogP contribution is -2.36. The van der Waals surface area contributed by atoms with Crippen molar-refractivity contribution < 1.29 is 14.1 Å². The van der Waals surface area contributed by atoms with Crippen LogP contribution in [0.5, 0.6) is 0 Å². The van der Waals surface area contributed by atoms with Gasteiger partial charge in [0.25, 0.3) is 5.91 Å². The summed E-state index contributed by atoms with van der Waals surface area (Å²) >= 11 is 0. The third-order valence-electron chi connectivity index (χ3n) is 4.96. The van der Waals surface area contributed by atoms with Crippen molar-refractivity contribution in [2.24, 2.45) is 0 Å². The molecule has 7 heteroatoms. The molecule has 0 aromatic carbocycles. The number of nitrogens with one attached hydrogen (secondary N) is 1. The van der Waals surface area contributed by atoms with E-state index in [1.165, 1.54) is 0 Å². The van der Waals surface area contributed by atoms with Gasteiger partial charge in [0.1, 0.15) is 5.76 Å². The monoisotopic (exact) mass is 356 g/mol. The largest absolute Gasteiger partial charge is 0.361 e. The van der Waals surface area contributed by atoms with Gasteiger partial charge in [-0.25, -0.2) is 0 Å². The first-order valence-corrected chi connectivity index (χ1v) is 8.86. The fourth-order valence-electron chi connectivity index (χ4n) is 3.23. The highest BCUT2D eigenvalue weighted by atomic mass is 16.5. The highest BCUT2D eigenvalue weighted by Crippen LogP contribution is 2.19. The van der Waals surface area contributed by atoms with Crippen LogP contribution in [-0.2, 0) is 11.3 Å². The van der Waals surface area contributed by atoms with Crippen LogP contribution in [-0.4, -0.2) is 39.4 Å². The van der Waals surface area contributed by atoms with Crippen LogP contribution in [0.25, 0.3) is 0 Å². The summed E-state index contributed by atoms with van der Waals surface area (Å²) in [7, 11) is 0. The smallest absolute Gasteiger partial charge is 0.253 e. The lowest BCUT2D eigenvalue weighted by atomic mass is 10.1. The normalized spacial score (nSPS) is 17.9. The molecule has 1 aliphatic rings. The van der Waals surface area contributed by atoms with E-state index in [9.17, 15) is 9.59 Å². The number of hydrogen-bond donors (Lipinski definition) is 1. The van der Waals surface area contributed by atoms with Crippen molar-refractivity contribution in [3.63, 3.8) is 0 Å². The van der Waals surface area contributed by atoms with Crippen LogP contribution < -0.4 is 5.32 Å². The number of carbonyl (C=O) groups excluding carboxylic acids is 2. The number of rotatable bonds is 4. The highest BCUT2D eigenvalue weighted by molar-refractivity contribution is 5.95. The standard InChI is InChI=1S/C19H24N4O3/c1-12-6-8-20-10-16(12)19(25)21-15-4-5-18(24)23(9-7-15)11-17-13(2)22-26-14(17)3/h6,8,10,15H,4-5,7,9,11H2,1-3H3,(H,21,25). The molecule has 3 rings (SSSR count). The number of pyridine rings is 1. The van der Waals surface area contributed by atoms with Gasteiger partial charge < -0.3 is 14.7 Å². The molecule has 0 radical (unpaired) electrons. The van der Waals surface area contributed by atoms with Crippen LogP contribution in [0.4, 0.5) is 0 Å². The zero-order valence-electron chi connectivity index (χ0n) is 15.4. The van der Waals surface area contributed by atoms with Crippen LogP contribution in [0.15, 0.2) is 23.0 Å². The third kappa shape index (κ3) is 3.92. The van der Waals surface area contributed by atoms with Crippen LogP contribution in [0, 0.1) is 20.8 Å². The first-order valence-electron chi connectivity index (χ1n) is 8.86. The van der Waals surface area contributed by atoms with Crippen molar-refractivity contribution in [3.8, 4) is 0 Å². The lowest BCUT2D eigenvalue weighted by Gasteiger charge is -2.21. The number of nitrogens with zero attached hydrogens (tertiary/aromatic N) is 3. The Morgan fingerprint density at radius 1 is 1.35 bits per heavy atom. The van der Waals surface area contributed by atoms with E-state index in [1.807, 2.05) is 31.7 Å². The predicted octanol–water partition coefficient (Wildman–Crippen LogP) is 2.31. The molecule has 1 N–H and O–H groups in total. The van der Waals surface area contributed by atoms with Crippen LogP contribution in [0.1, 0.15) is 52.2 Å². The average molecular weight is 356 g/mol. The molecule has 1 atom stereocenters. The number of likely N-dealkylation sites (tertiary alicyclic amines) is 1. The number of aromatic nitrogens is 2. The summed E-state index contributed by atoms with van der Waals surface area (Å²) in [4.78, 5) is 30.8. The van der Waals surface area contributed by atoms with Crippen LogP contribution >= 0.6 is 0 Å². The Labute approximate surface area is 152 Å². The Kier molecular flexibility index (Phi) is 5.35. The van der Waals surface area contributed by atoms with E-state index in [1.54, 1.807) is 12.4 Å². The first-order chi connectivity index (χ1) is 12.5. The van der Waals surface area contributed by atoms with Crippen molar-refractivity contribution >= 4 is 11.8 Å². The molecule has 26 heavy (non-hydrogen) atoms. The quantitative estimate of drug-likeness (QED) is 0.908. The lowest BCUT2D eigenvalue weighted by molar-refractivity contribution is -0.131. The number of aryl methyl sites for hydroxylation is 3. The fourth-order valence-corrected chi connectivity index (χ4v) is 3.23. The average Bonchev–Trinajstić information content (AvgIpc) is 2.83. The van der Waals surface area contributed by atoms with Gasteiger partial charge in [0.2, 0.25) is 5.91 Å². The van der Waals surface area contributed by atoms with Gasteiger partial charge in [0.15, 0.2) is 0 Å². The van der Waals surface area contributed by atoms with Gasteiger partial charge in [-0.2, -0.15) is 0 Å². The van der Waals surface area contributed by atoms with Gasteiger partial charge >= 0.3 is 0 Å². The molecular weight excluding hydrogens is 332 g/mol. The second-order valence-electron chi connectivity index (χ2n) is 6.81. The molecule has 1 fully saturated rings. The third-order valence-corrected chi connectivity index (χ3v) is 4.96. The molecule has 138 valence electrons. The van der Waals surface area contributed by atoms with Gasteiger partial charge in [-0.05, 0) is 45.2 Å². The van der Waals surface area contributed by atoms with Crippen LogP contribution in [0.2, 0.25) is 0 Å². The van der Waals surface area contributed by atoms with Crippen molar-refractivity contribution in [2.75, 3.05) is 6.54 Å². The zero-order valence-corrected chi connectivity index (χ0v) is 15.4. The molecule has 1 saturated heterocycles. The molecule has 1 aliphatic heterocycles. The van der Waals surface area contributed by atoms with Gasteiger partial charge in [-0.15, -0.1) is 0 Å². The van der Waals surface area contributed by atoms with Gasteiger partial charge in [0, 0.05) is 37.0 Å². The summed E-state index contributed by atoms with van der Waals surface area (Å²) in [5.74, 6) is 0.711. The van der Waals surface area contributed by atoms with Crippen molar-refractivity contribution in [2.45, 2.75) is 52.6 Å². The SMILES string of the molecule is Cc1ccncc1C(=O)NC1CCC(=O)N(Cc2c(C)noc2C)CC1. The van der Waals surface area contributed by atoms with Gasteiger partial charge in [-0.1, -0.05) is 5.16 Å². The topological polar surface area (TPSA) is 88.3 Å². The molecule has 3 heterocycles. The van der Waals surface area contributed by atoms with E-state index in [-0.39, 0.29) is 17.9 Å². The maximum Gasteiger partial charge on any atom is 0.253 e. The van der Waals surface area contributed by atoms with Crippen LogP contribution in [0.3, 0.4) is 0 Å². The van der Waals surface area contributed by atoms with Crippen molar-refractivity contribution in [1.82, 2.24) is 20.4 Å². The molecule has 1 unspecified atom stereocenters. The number of hydrogen-bond acceptors (Lipinski definition) is 5. The van der Waals surface area contributed by atoms with Crippen molar-refractivity contribution in [1.29, 1.82) is 0 Å². The molecule has 0 spiro atoms. The van der Waals surface area contributed by atoms with Gasteiger partial charge in [-0.3, -0.25) is 14.6 Å². The molecular formula is C19H24N4O3. The van der Waals surface area contributed by atoms with Gasteiger partial charge in [0.05, 0.1) is 17.8 Å². The summed E-state index contributed by atoms with van der Waals surface area (Å²) < 4.78 is 5.19. The molecule has 2 amide bonds. The minimum Gasteiger partial charge on any atom is -0.361 e. The summed E-state index contributed by atoms with van der Waals surface area (Å²) in [5.41, 5.74) is 3.25. The Morgan fingerprint density at radius 2 is 2.15 bits per heavy atom. The van der Waals surface area contributed by atoms with E-state index in [4.69, 9.17) is 4.52 Å². The summed E-state index contributed by atoms with van der Waals surface area (Å²) in [6.07, 6.45) is 5.03. The minimum absolute atomic E-state index is 0.0271. The number of amides is 2. The Morgan fingerprint density at radius 3 is 2.85 bits per heavy atom. The predicted molar refractivity (Wildman–Crippen MR) is 95.5 cm³/mol. The van der Waals surface area contributed by atoms with E-state index < -0.39 is 0 Å². The van der Waals surface area contributed by atoms with E-state index in [0.29, 0.717) is 31.5 Å². The second kappa shape index (κ2) is 7.68. The maximum atomic E-state index is 12.5. The van der Waals surface area contributed by atoms with E-state index in [0.717, 1.165) is 29.0 Å². The van der Waals surface area contributed by atoms with E-state index in [2.05, 4.69) is 15.5 Å². The molecule has 0 saturated carbocycles. The second-order valence-corrected chi connectivity index (χ2v) is 6.81. The Balaban J connectivity index is 1.63. The zero-order chi connectivity index (χ0) is 18.7. The molecule has 0 aliphatic carbocycles. The molecule has 2 aromatic rings. The Hall–Kier alpha value is -2.70. The summed E-state index contributed by atoms with van der Waals surface area (Å²) in [6.45, 7) is 6.73. The fraction of sp³-hybridized carbons (Fsp3) is 0.474. The molecule has 2 aromatic heterocycles. The maximum absolute atomic E-state index is 12.5. The molecule has 7 nitrogen and oxygen atoms in total. The molecule has 0 bridgehead atoms. The van der Waals surface area contributed by atoms with Crippen molar-refractivity contribution in [3.05, 3.63) is 46.6 Å². The Bertz CT molecular complexity index is 795. The summed E-state index contributed by atoms with van der Waals surface area (Å²) in [6, 6.07) is 1.79. The first kappa shape index (κ1) is 18.1. The minimum atomic E-state index is -0.132. The summed E-state index contributed by atoms with van der Waals surface area (Å²) in [5, 5.41) is 7.00.